The predicted molar refractivity (Wildman–Crippen MR) is 176 cm³/mol. The zero-order chi connectivity index (χ0) is 33.0. The maximum absolute atomic E-state index is 12.4. The van der Waals surface area contributed by atoms with Crippen LogP contribution in [0.4, 0.5) is 22.2 Å². The van der Waals surface area contributed by atoms with Crippen molar-refractivity contribution in [1.29, 1.82) is 5.26 Å². The molecule has 3 saturated heterocycles. The van der Waals surface area contributed by atoms with Crippen LogP contribution < -0.4 is 19.7 Å². The number of methoxy groups -OCH3 is 1. The zero-order valence-electron chi connectivity index (χ0n) is 27.4. The van der Waals surface area contributed by atoms with E-state index in [1.165, 1.54) is 0 Å². The van der Waals surface area contributed by atoms with Crippen LogP contribution in [0.15, 0.2) is 42.7 Å². The van der Waals surface area contributed by atoms with Gasteiger partial charge < -0.3 is 34.1 Å². The number of amides is 1. The van der Waals surface area contributed by atoms with Crippen LogP contribution in [-0.2, 0) is 9.47 Å². The van der Waals surface area contributed by atoms with Crippen LogP contribution in [0.1, 0.15) is 39.2 Å². The van der Waals surface area contributed by atoms with Gasteiger partial charge in [0.15, 0.2) is 0 Å². The van der Waals surface area contributed by atoms with Crippen LogP contribution in [0.2, 0.25) is 0 Å². The highest BCUT2D eigenvalue weighted by Gasteiger charge is 2.30. The standard InChI is InChI=1S/C34H42N8O5/c1-34(2,3)47-33(43)42-11-8-26(9-12-42)46-29-6-5-23(17-24(29)19-35)27-7-10-36-32(38-27)39-31-18-30(44-4)28(20-37-31)41-15-13-40(14-16-41)25-21-45-22-25/h5-7,10,17-18,20,25-26H,8-9,11-16,21-22H2,1-4H3,(H,36,37,38,39). The topological polar surface area (TPSA) is 138 Å². The Morgan fingerprint density at radius 1 is 1.02 bits per heavy atom. The number of hydrogen-bond acceptors (Lipinski definition) is 12. The second-order valence-electron chi connectivity index (χ2n) is 13.0. The summed E-state index contributed by atoms with van der Waals surface area (Å²) >= 11 is 0. The Morgan fingerprint density at radius 3 is 2.45 bits per heavy atom. The number of anilines is 3. The minimum Gasteiger partial charge on any atom is -0.494 e. The highest BCUT2D eigenvalue weighted by Crippen LogP contribution is 2.32. The van der Waals surface area contributed by atoms with E-state index in [4.69, 9.17) is 18.9 Å². The lowest BCUT2D eigenvalue weighted by Crippen LogP contribution is -2.56. The number of piperidine rings is 1. The van der Waals surface area contributed by atoms with Gasteiger partial charge in [-0.15, -0.1) is 0 Å². The third-order valence-electron chi connectivity index (χ3n) is 8.54. The molecule has 0 atom stereocenters. The summed E-state index contributed by atoms with van der Waals surface area (Å²) in [6.45, 7) is 12.0. The Balaban J connectivity index is 1.08. The average molecular weight is 643 g/mol. The Labute approximate surface area is 275 Å². The molecule has 1 N–H and O–H groups in total. The number of benzene rings is 1. The van der Waals surface area contributed by atoms with Crippen molar-refractivity contribution in [1.82, 2.24) is 24.8 Å². The maximum atomic E-state index is 12.4. The fourth-order valence-electron chi connectivity index (χ4n) is 5.90. The van der Waals surface area contributed by atoms with E-state index in [1.54, 1.807) is 36.4 Å². The van der Waals surface area contributed by atoms with Crippen LogP contribution in [0, 0.1) is 11.3 Å². The van der Waals surface area contributed by atoms with Gasteiger partial charge in [0.25, 0.3) is 0 Å². The van der Waals surface area contributed by atoms with Crippen molar-refractivity contribution in [2.24, 2.45) is 0 Å². The Hall–Kier alpha value is -4.67. The number of nitriles is 1. The largest absolute Gasteiger partial charge is 0.494 e. The van der Waals surface area contributed by atoms with Crippen molar-refractivity contribution in [3.8, 4) is 28.8 Å². The van der Waals surface area contributed by atoms with Crippen LogP contribution >= 0.6 is 0 Å². The van der Waals surface area contributed by atoms with E-state index in [9.17, 15) is 10.1 Å². The summed E-state index contributed by atoms with van der Waals surface area (Å²) in [4.78, 5) is 32.6. The molecule has 0 spiro atoms. The van der Waals surface area contributed by atoms with Gasteiger partial charge in [-0.25, -0.2) is 19.7 Å². The molecule has 6 rings (SSSR count). The van der Waals surface area contributed by atoms with E-state index in [-0.39, 0.29) is 12.2 Å². The second-order valence-corrected chi connectivity index (χ2v) is 13.0. The molecule has 2 aromatic heterocycles. The third kappa shape index (κ3) is 7.84. The SMILES string of the molecule is COc1cc(Nc2nccc(-c3ccc(OC4CCN(C(=O)OC(C)(C)C)CC4)c(C#N)c3)n2)ncc1N1CCN(C2COC2)CC1. The number of ether oxygens (including phenoxy) is 4. The Kier molecular flexibility index (Phi) is 9.60. The number of carbonyl (C=O) groups excluding carboxylic acids is 1. The van der Waals surface area contributed by atoms with Gasteiger partial charge in [0.2, 0.25) is 5.95 Å². The minimum absolute atomic E-state index is 0.107. The molecule has 0 bridgehead atoms. The van der Waals surface area contributed by atoms with Crippen molar-refractivity contribution in [2.45, 2.75) is 51.4 Å². The lowest BCUT2D eigenvalue weighted by atomic mass is 10.1. The molecule has 0 radical (unpaired) electrons. The Bertz CT molecular complexity index is 1600. The zero-order valence-corrected chi connectivity index (χ0v) is 27.4. The van der Waals surface area contributed by atoms with E-state index in [0.717, 1.165) is 56.4 Å². The van der Waals surface area contributed by atoms with E-state index in [2.05, 4.69) is 36.1 Å². The molecule has 0 aliphatic carbocycles. The predicted octanol–water partition coefficient (Wildman–Crippen LogP) is 4.46. The monoisotopic (exact) mass is 642 g/mol. The molecule has 1 amide bonds. The number of piperazine rings is 1. The molecule has 3 aromatic rings. The molecule has 5 heterocycles. The molecule has 0 saturated carbocycles. The van der Waals surface area contributed by atoms with Crippen molar-refractivity contribution in [2.75, 3.05) is 69.8 Å². The number of rotatable bonds is 8. The first-order chi connectivity index (χ1) is 22.7. The van der Waals surface area contributed by atoms with Crippen LogP contribution in [0.3, 0.4) is 0 Å². The molecule has 248 valence electrons. The van der Waals surface area contributed by atoms with Crippen molar-refractivity contribution in [3.63, 3.8) is 0 Å². The molecule has 13 heteroatoms. The molecular formula is C34H42N8O5. The van der Waals surface area contributed by atoms with E-state index >= 15 is 0 Å². The fraction of sp³-hybridized carbons (Fsp3) is 0.500. The van der Waals surface area contributed by atoms with E-state index < -0.39 is 5.60 Å². The summed E-state index contributed by atoms with van der Waals surface area (Å²) in [5.41, 5.74) is 2.24. The average Bonchev–Trinajstić information content (AvgIpc) is 3.04. The van der Waals surface area contributed by atoms with E-state index in [1.807, 2.05) is 39.1 Å². The molecule has 0 unspecified atom stereocenters. The third-order valence-corrected chi connectivity index (χ3v) is 8.54. The summed E-state index contributed by atoms with van der Waals surface area (Å²) in [5.74, 6) is 2.17. The van der Waals surface area contributed by atoms with Gasteiger partial charge in [-0.1, -0.05) is 0 Å². The van der Waals surface area contributed by atoms with Crippen LogP contribution in [0.25, 0.3) is 11.3 Å². The molecule has 47 heavy (non-hydrogen) atoms. The number of nitrogens with one attached hydrogen (secondary N) is 1. The number of nitrogens with zero attached hydrogens (tertiary/aromatic N) is 7. The molecule has 3 fully saturated rings. The number of aromatic nitrogens is 3. The smallest absolute Gasteiger partial charge is 0.410 e. The first-order valence-corrected chi connectivity index (χ1v) is 16.1. The lowest BCUT2D eigenvalue weighted by Gasteiger charge is -2.43. The van der Waals surface area contributed by atoms with E-state index in [0.29, 0.717) is 60.7 Å². The van der Waals surface area contributed by atoms with Gasteiger partial charge in [-0.3, -0.25) is 4.90 Å². The van der Waals surface area contributed by atoms with Gasteiger partial charge in [0.1, 0.15) is 35.1 Å². The van der Waals surface area contributed by atoms with Gasteiger partial charge in [-0.2, -0.15) is 5.26 Å². The van der Waals surface area contributed by atoms with Gasteiger partial charge in [0.05, 0.1) is 49.5 Å². The minimum atomic E-state index is -0.536. The van der Waals surface area contributed by atoms with Gasteiger partial charge >= 0.3 is 6.09 Å². The maximum Gasteiger partial charge on any atom is 0.410 e. The first kappa shape index (κ1) is 32.3. The van der Waals surface area contributed by atoms with Crippen molar-refractivity contribution in [3.05, 3.63) is 48.3 Å². The highest BCUT2D eigenvalue weighted by atomic mass is 16.6. The highest BCUT2D eigenvalue weighted by molar-refractivity contribution is 5.68. The summed E-state index contributed by atoms with van der Waals surface area (Å²) in [6.07, 6.45) is 4.38. The summed E-state index contributed by atoms with van der Waals surface area (Å²) in [5, 5.41) is 13.1. The number of carbonyl (C=O) groups is 1. The number of pyridine rings is 1. The molecule has 13 nitrogen and oxygen atoms in total. The summed E-state index contributed by atoms with van der Waals surface area (Å²) in [6, 6.07) is 11.9. The van der Waals surface area contributed by atoms with Gasteiger partial charge in [-0.05, 0) is 45.0 Å². The summed E-state index contributed by atoms with van der Waals surface area (Å²) in [7, 11) is 1.66. The lowest BCUT2D eigenvalue weighted by molar-refractivity contribution is -0.0660. The molecule has 3 aliphatic heterocycles. The van der Waals surface area contributed by atoms with Crippen molar-refractivity contribution >= 4 is 23.5 Å². The van der Waals surface area contributed by atoms with Gasteiger partial charge in [0, 0.05) is 69.9 Å². The van der Waals surface area contributed by atoms with Crippen LogP contribution in [-0.4, -0.2) is 108 Å². The molecular weight excluding hydrogens is 600 g/mol. The molecule has 1 aromatic carbocycles. The quantitative estimate of drug-likeness (QED) is 0.371. The number of likely N-dealkylation sites (tertiary alicyclic amines) is 1. The fourth-order valence-corrected chi connectivity index (χ4v) is 5.90. The molecule has 3 aliphatic rings. The first-order valence-electron chi connectivity index (χ1n) is 16.1. The Morgan fingerprint density at radius 2 is 1.79 bits per heavy atom. The van der Waals surface area contributed by atoms with Crippen LogP contribution in [0.5, 0.6) is 11.5 Å². The number of hydrogen-bond donors (Lipinski definition) is 1. The second kappa shape index (κ2) is 14.0. The normalized spacial score (nSPS) is 17.9. The van der Waals surface area contributed by atoms with Crippen molar-refractivity contribution < 1.29 is 23.7 Å². The summed E-state index contributed by atoms with van der Waals surface area (Å²) < 4.78 is 22.8.